The maximum atomic E-state index is 11.9. The first-order chi connectivity index (χ1) is 9.58. The standard InChI is InChI=1S/C13H16BrN5O/c1-9-3-4-12(11(14)5-9)16-13(20)8-19-7-10(6-15-2)17-18-19/h3-5,7,15H,6,8H2,1-2H3,(H,16,20). The first kappa shape index (κ1) is 14.7. The molecule has 106 valence electrons. The summed E-state index contributed by atoms with van der Waals surface area (Å²) >= 11 is 3.43. The van der Waals surface area contributed by atoms with Gasteiger partial charge in [-0.25, -0.2) is 4.68 Å². The van der Waals surface area contributed by atoms with Gasteiger partial charge in [0, 0.05) is 11.0 Å². The van der Waals surface area contributed by atoms with Crippen LogP contribution in [0.5, 0.6) is 0 Å². The summed E-state index contributed by atoms with van der Waals surface area (Å²) in [4.78, 5) is 11.9. The molecule has 0 aliphatic heterocycles. The number of carbonyl (C=O) groups excluding carboxylic acids is 1. The van der Waals surface area contributed by atoms with Crippen LogP contribution in [0.15, 0.2) is 28.9 Å². The zero-order valence-electron chi connectivity index (χ0n) is 11.4. The maximum absolute atomic E-state index is 11.9. The Balaban J connectivity index is 1.97. The fraction of sp³-hybridized carbons (Fsp3) is 0.308. The number of hydrogen-bond acceptors (Lipinski definition) is 4. The highest BCUT2D eigenvalue weighted by Gasteiger charge is 2.08. The molecule has 6 nitrogen and oxygen atoms in total. The number of aryl methyl sites for hydroxylation is 1. The second kappa shape index (κ2) is 6.62. The second-order valence-corrected chi connectivity index (χ2v) is 5.32. The van der Waals surface area contributed by atoms with E-state index in [2.05, 4.69) is 36.9 Å². The van der Waals surface area contributed by atoms with Crippen molar-refractivity contribution in [3.05, 3.63) is 40.1 Å². The van der Waals surface area contributed by atoms with Gasteiger partial charge in [-0.3, -0.25) is 4.79 Å². The fourth-order valence-electron chi connectivity index (χ4n) is 1.74. The third-order valence-electron chi connectivity index (χ3n) is 2.65. The number of aromatic nitrogens is 3. The molecule has 2 rings (SSSR count). The van der Waals surface area contributed by atoms with Gasteiger partial charge in [0.2, 0.25) is 5.91 Å². The van der Waals surface area contributed by atoms with Crippen LogP contribution < -0.4 is 10.6 Å². The summed E-state index contributed by atoms with van der Waals surface area (Å²) < 4.78 is 2.38. The Morgan fingerprint density at radius 3 is 2.95 bits per heavy atom. The van der Waals surface area contributed by atoms with Crippen LogP contribution in [0.4, 0.5) is 5.69 Å². The van der Waals surface area contributed by atoms with Gasteiger partial charge in [0.15, 0.2) is 0 Å². The van der Waals surface area contributed by atoms with E-state index in [0.717, 1.165) is 21.4 Å². The van der Waals surface area contributed by atoms with Crippen molar-refractivity contribution in [1.29, 1.82) is 0 Å². The lowest BCUT2D eigenvalue weighted by molar-refractivity contribution is -0.116. The topological polar surface area (TPSA) is 71.8 Å². The Bertz CT molecular complexity index is 611. The van der Waals surface area contributed by atoms with Gasteiger partial charge < -0.3 is 10.6 Å². The summed E-state index contributed by atoms with van der Waals surface area (Å²) in [5.41, 5.74) is 2.68. The number of nitrogens with one attached hydrogen (secondary N) is 2. The molecular weight excluding hydrogens is 322 g/mol. The van der Waals surface area contributed by atoms with E-state index in [4.69, 9.17) is 0 Å². The Morgan fingerprint density at radius 1 is 1.45 bits per heavy atom. The van der Waals surface area contributed by atoms with Crippen LogP contribution in [0.1, 0.15) is 11.3 Å². The molecule has 2 aromatic rings. The van der Waals surface area contributed by atoms with E-state index in [0.29, 0.717) is 6.54 Å². The Kier molecular flexibility index (Phi) is 4.86. The van der Waals surface area contributed by atoms with Gasteiger partial charge in [0.05, 0.1) is 17.6 Å². The summed E-state index contributed by atoms with van der Waals surface area (Å²) in [6, 6.07) is 5.77. The average Bonchev–Trinajstić information content (AvgIpc) is 2.81. The smallest absolute Gasteiger partial charge is 0.246 e. The number of hydrogen-bond donors (Lipinski definition) is 2. The minimum absolute atomic E-state index is 0.136. The number of benzene rings is 1. The van der Waals surface area contributed by atoms with Crippen LogP contribution in [-0.4, -0.2) is 27.9 Å². The average molecular weight is 338 g/mol. The summed E-state index contributed by atoms with van der Waals surface area (Å²) in [6.07, 6.45) is 1.75. The molecule has 0 aliphatic carbocycles. The van der Waals surface area contributed by atoms with Crippen LogP contribution in [-0.2, 0) is 17.9 Å². The first-order valence-electron chi connectivity index (χ1n) is 6.18. The molecule has 0 fully saturated rings. The van der Waals surface area contributed by atoms with E-state index in [9.17, 15) is 4.79 Å². The van der Waals surface area contributed by atoms with Crippen LogP contribution in [0.25, 0.3) is 0 Å². The van der Waals surface area contributed by atoms with Crippen molar-refractivity contribution in [3.63, 3.8) is 0 Å². The van der Waals surface area contributed by atoms with Crippen molar-refractivity contribution in [3.8, 4) is 0 Å². The van der Waals surface area contributed by atoms with E-state index in [-0.39, 0.29) is 12.5 Å². The molecule has 1 aromatic carbocycles. The minimum Gasteiger partial charge on any atom is -0.323 e. The zero-order valence-corrected chi connectivity index (χ0v) is 12.9. The van der Waals surface area contributed by atoms with Crippen LogP contribution in [0.2, 0.25) is 0 Å². The quantitative estimate of drug-likeness (QED) is 0.871. The van der Waals surface area contributed by atoms with Crippen molar-refractivity contribution in [2.75, 3.05) is 12.4 Å². The number of halogens is 1. The lowest BCUT2D eigenvalue weighted by Gasteiger charge is -2.07. The highest BCUT2D eigenvalue weighted by atomic mass is 79.9. The Morgan fingerprint density at radius 2 is 2.25 bits per heavy atom. The van der Waals surface area contributed by atoms with Crippen molar-refractivity contribution in [2.45, 2.75) is 20.0 Å². The number of nitrogens with zero attached hydrogens (tertiary/aromatic N) is 3. The predicted octanol–water partition coefficient (Wildman–Crippen LogP) is 1.71. The third kappa shape index (κ3) is 3.88. The third-order valence-corrected chi connectivity index (χ3v) is 3.30. The highest BCUT2D eigenvalue weighted by Crippen LogP contribution is 2.23. The summed E-state index contributed by atoms with van der Waals surface area (Å²) in [6.45, 7) is 2.76. The van der Waals surface area contributed by atoms with Crippen LogP contribution in [0.3, 0.4) is 0 Å². The molecular formula is C13H16BrN5O. The molecule has 0 bridgehead atoms. The number of amides is 1. The molecule has 0 saturated heterocycles. The normalized spacial score (nSPS) is 10.6. The number of rotatable bonds is 5. The van der Waals surface area contributed by atoms with E-state index in [1.165, 1.54) is 4.68 Å². The molecule has 1 amide bonds. The lowest BCUT2D eigenvalue weighted by atomic mass is 10.2. The van der Waals surface area contributed by atoms with Gasteiger partial charge in [-0.05, 0) is 47.6 Å². The number of carbonyl (C=O) groups is 1. The molecule has 0 radical (unpaired) electrons. The fourth-order valence-corrected chi connectivity index (χ4v) is 2.33. The molecule has 0 unspecified atom stereocenters. The van der Waals surface area contributed by atoms with Gasteiger partial charge in [-0.2, -0.15) is 0 Å². The second-order valence-electron chi connectivity index (χ2n) is 4.47. The highest BCUT2D eigenvalue weighted by molar-refractivity contribution is 9.10. The minimum atomic E-state index is -0.143. The largest absolute Gasteiger partial charge is 0.323 e. The molecule has 0 aliphatic rings. The molecule has 7 heteroatoms. The van der Waals surface area contributed by atoms with Crippen molar-refractivity contribution in [2.24, 2.45) is 0 Å². The molecule has 20 heavy (non-hydrogen) atoms. The SMILES string of the molecule is CNCc1cn(CC(=O)Nc2ccc(C)cc2Br)nn1. The summed E-state index contributed by atoms with van der Waals surface area (Å²) in [5.74, 6) is -0.143. The summed E-state index contributed by atoms with van der Waals surface area (Å²) in [5, 5.41) is 13.7. The van der Waals surface area contributed by atoms with Gasteiger partial charge in [-0.1, -0.05) is 11.3 Å². The van der Waals surface area contributed by atoms with Crippen LogP contribution >= 0.6 is 15.9 Å². The molecule has 0 atom stereocenters. The summed E-state index contributed by atoms with van der Waals surface area (Å²) in [7, 11) is 1.83. The van der Waals surface area contributed by atoms with Crippen molar-refractivity contribution < 1.29 is 4.79 Å². The van der Waals surface area contributed by atoms with Gasteiger partial charge >= 0.3 is 0 Å². The van der Waals surface area contributed by atoms with E-state index in [1.807, 2.05) is 32.2 Å². The molecule has 1 aromatic heterocycles. The zero-order chi connectivity index (χ0) is 14.5. The van der Waals surface area contributed by atoms with Gasteiger partial charge in [-0.15, -0.1) is 5.10 Å². The van der Waals surface area contributed by atoms with Crippen LogP contribution in [0, 0.1) is 6.92 Å². The monoisotopic (exact) mass is 337 g/mol. The van der Waals surface area contributed by atoms with Gasteiger partial charge in [0.25, 0.3) is 0 Å². The first-order valence-corrected chi connectivity index (χ1v) is 6.97. The lowest BCUT2D eigenvalue weighted by Crippen LogP contribution is -2.19. The Hall–Kier alpha value is -1.73. The molecule has 2 N–H and O–H groups in total. The maximum Gasteiger partial charge on any atom is 0.246 e. The Labute approximate surface area is 125 Å². The van der Waals surface area contributed by atoms with E-state index >= 15 is 0 Å². The predicted molar refractivity (Wildman–Crippen MR) is 80.3 cm³/mol. The molecule has 1 heterocycles. The van der Waals surface area contributed by atoms with Crippen molar-refractivity contribution in [1.82, 2.24) is 20.3 Å². The van der Waals surface area contributed by atoms with Gasteiger partial charge in [0.1, 0.15) is 6.54 Å². The molecule has 0 saturated carbocycles. The van der Waals surface area contributed by atoms with Crippen molar-refractivity contribution >= 4 is 27.5 Å². The number of anilines is 1. The van der Waals surface area contributed by atoms with E-state index < -0.39 is 0 Å². The van der Waals surface area contributed by atoms with E-state index in [1.54, 1.807) is 6.20 Å². The molecule has 0 spiro atoms.